The van der Waals surface area contributed by atoms with Crippen LogP contribution in [0.3, 0.4) is 0 Å². The summed E-state index contributed by atoms with van der Waals surface area (Å²) in [4.78, 5) is 23.4. The molecule has 0 aliphatic carbocycles. The van der Waals surface area contributed by atoms with E-state index in [1.807, 2.05) is 27.7 Å². The number of phenolic OH excluding ortho intramolecular Hbond substituents is 1. The van der Waals surface area contributed by atoms with Gasteiger partial charge in [-0.1, -0.05) is 47.7 Å². The first-order valence-corrected chi connectivity index (χ1v) is 14.1. The summed E-state index contributed by atoms with van der Waals surface area (Å²) in [7, 11) is 1.87. The van der Waals surface area contributed by atoms with Gasteiger partial charge in [0.25, 0.3) is 10.4 Å². The maximum Gasteiger partial charge on any atom is 0.495 e. The van der Waals surface area contributed by atoms with Gasteiger partial charge in [0.1, 0.15) is 33.8 Å². The molecule has 3 heterocycles. The zero-order valence-electron chi connectivity index (χ0n) is 23.5. The second-order valence-electron chi connectivity index (χ2n) is 9.61. The number of methoxy groups -OCH3 is 2. The van der Waals surface area contributed by atoms with Crippen LogP contribution in [0.15, 0.2) is 47.4 Å². The molecule has 2 aromatic heterocycles. The minimum absolute atomic E-state index is 0. The topological polar surface area (TPSA) is 161 Å². The molecule has 0 amide bonds. The highest BCUT2D eigenvalue weighted by Crippen LogP contribution is 2.37. The molecule has 0 atom stereocenters. The number of phenols is 1. The third-order valence-electron chi connectivity index (χ3n) is 6.40. The van der Waals surface area contributed by atoms with Gasteiger partial charge in [0.2, 0.25) is 0 Å². The first-order chi connectivity index (χ1) is 19.9. The second-order valence-corrected chi connectivity index (χ2v) is 11.2. The molecule has 1 N–H and O–H groups in total. The van der Waals surface area contributed by atoms with Crippen LogP contribution in [0, 0.1) is 0 Å². The van der Waals surface area contributed by atoms with Crippen molar-refractivity contribution in [1.29, 1.82) is 0 Å². The zero-order chi connectivity index (χ0) is 30.5. The summed E-state index contributed by atoms with van der Waals surface area (Å²) in [6.07, 6.45) is 0. The molecule has 2 aromatic carbocycles. The molecule has 0 radical (unpaired) electrons. The van der Waals surface area contributed by atoms with Crippen molar-refractivity contribution >= 4 is 47.2 Å². The van der Waals surface area contributed by atoms with E-state index in [-0.39, 0.29) is 26.2 Å². The van der Waals surface area contributed by atoms with E-state index in [9.17, 15) is 14.7 Å². The van der Waals surface area contributed by atoms with Crippen LogP contribution in [0.2, 0.25) is 0 Å². The summed E-state index contributed by atoms with van der Waals surface area (Å²) in [6, 6.07) is 9.26. The molecule has 5 rings (SSSR count). The van der Waals surface area contributed by atoms with Gasteiger partial charge in [-0.25, -0.2) is 9.59 Å². The lowest BCUT2D eigenvalue weighted by atomic mass is 9.75. The lowest BCUT2D eigenvalue weighted by Crippen LogP contribution is -2.41. The first-order valence-electron chi connectivity index (χ1n) is 12.3. The number of benzene rings is 2. The van der Waals surface area contributed by atoms with Crippen LogP contribution in [0.4, 0.5) is 0 Å². The van der Waals surface area contributed by atoms with Crippen molar-refractivity contribution in [2.45, 2.75) is 53.8 Å². The third-order valence-corrected chi connectivity index (χ3v) is 7.53. The fourth-order valence-electron chi connectivity index (χ4n) is 3.54. The van der Waals surface area contributed by atoms with Gasteiger partial charge < -0.3 is 33.4 Å². The molecule has 1 fully saturated rings. The second kappa shape index (κ2) is 15.1. The molecule has 1 aliphatic rings. The lowest BCUT2D eigenvalue weighted by molar-refractivity contribution is 0.00578. The standard InChI is InChI=1S/C16H19BN2O5S.C10H8N2O4S.2CH4/c1-15(2)16(3,4)24-17(23-15)12-8-10(22-14-19-18-9-25-14)6-7-11(12)13(20)21-5;1-15-9(14)7-3-2-6(4-8(7)13)16-10-12-11-5-17-10;;/h6-9H,1-5H3;2-5,13H,1H3;2*1H4. The first kappa shape index (κ1) is 36.1. The fourth-order valence-corrected chi connectivity index (χ4v) is 4.39. The molecular weight excluding hydrogens is 611 g/mol. The highest BCUT2D eigenvalue weighted by molar-refractivity contribution is 7.11. The Morgan fingerprint density at radius 1 is 0.773 bits per heavy atom. The Labute approximate surface area is 264 Å². The molecule has 44 heavy (non-hydrogen) atoms. The van der Waals surface area contributed by atoms with E-state index in [1.165, 1.54) is 60.6 Å². The number of hydrogen-bond donors (Lipinski definition) is 1. The van der Waals surface area contributed by atoms with Crippen LogP contribution in [-0.4, -0.2) is 70.0 Å². The third kappa shape index (κ3) is 8.28. The smallest absolute Gasteiger partial charge is 0.495 e. The number of carbonyl (C=O) groups excluding carboxylic acids is 2. The van der Waals surface area contributed by atoms with Crippen LogP contribution in [0.25, 0.3) is 0 Å². The highest BCUT2D eigenvalue weighted by Gasteiger charge is 2.52. The summed E-state index contributed by atoms with van der Waals surface area (Å²) in [5.41, 5.74) is 3.04. The number of aromatic hydroxyl groups is 1. The molecule has 16 heteroatoms. The van der Waals surface area contributed by atoms with Crippen molar-refractivity contribution in [1.82, 2.24) is 20.4 Å². The van der Waals surface area contributed by atoms with Crippen LogP contribution < -0.4 is 14.9 Å². The Hall–Kier alpha value is -4.12. The maximum absolute atomic E-state index is 12.1. The highest BCUT2D eigenvalue weighted by atomic mass is 32.1. The summed E-state index contributed by atoms with van der Waals surface area (Å²) >= 11 is 2.49. The van der Waals surface area contributed by atoms with Gasteiger partial charge in [-0.3, -0.25) is 0 Å². The Morgan fingerprint density at radius 2 is 1.23 bits per heavy atom. The van der Waals surface area contributed by atoms with Crippen LogP contribution in [0.5, 0.6) is 27.6 Å². The monoisotopic (exact) mass is 646 g/mol. The Morgan fingerprint density at radius 3 is 1.66 bits per heavy atom. The van der Waals surface area contributed by atoms with E-state index in [0.717, 1.165) is 0 Å². The Balaban J connectivity index is 0.000000313. The molecular formula is C28H35BN4O9S2. The van der Waals surface area contributed by atoms with Gasteiger partial charge in [-0.15, -0.1) is 10.2 Å². The van der Waals surface area contributed by atoms with Gasteiger partial charge in [0, 0.05) is 11.5 Å². The molecule has 1 aliphatic heterocycles. The largest absolute Gasteiger partial charge is 0.507 e. The van der Waals surface area contributed by atoms with E-state index in [4.69, 9.17) is 23.5 Å². The quantitative estimate of drug-likeness (QED) is 0.198. The number of hydrogen-bond acceptors (Lipinski definition) is 15. The molecule has 1 saturated heterocycles. The van der Waals surface area contributed by atoms with Crippen molar-refractivity contribution in [3.63, 3.8) is 0 Å². The van der Waals surface area contributed by atoms with Crippen LogP contribution >= 0.6 is 22.7 Å². The van der Waals surface area contributed by atoms with E-state index >= 15 is 0 Å². The van der Waals surface area contributed by atoms with Gasteiger partial charge in [-0.05, 0) is 58.0 Å². The van der Waals surface area contributed by atoms with E-state index in [2.05, 4.69) is 25.1 Å². The molecule has 0 saturated carbocycles. The van der Waals surface area contributed by atoms with Crippen molar-refractivity contribution in [3.8, 4) is 27.6 Å². The number of rotatable bonds is 7. The van der Waals surface area contributed by atoms with Crippen molar-refractivity contribution in [2.24, 2.45) is 0 Å². The average molecular weight is 647 g/mol. The number of ether oxygens (including phenoxy) is 4. The number of aromatic nitrogens is 4. The summed E-state index contributed by atoms with van der Waals surface area (Å²) < 4.78 is 32.5. The maximum atomic E-state index is 12.1. The Bertz CT molecular complexity index is 1520. The van der Waals surface area contributed by atoms with Gasteiger partial charge >= 0.3 is 19.1 Å². The Kier molecular flexibility index (Phi) is 12.3. The molecule has 4 aromatic rings. The van der Waals surface area contributed by atoms with Crippen molar-refractivity contribution < 1.29 is 43.0 Å². The predicted molar refractivity (Wildman–Crippen MR) is 166 cm³/mol. The zero-order valence-corrected chi connectivity index (χ0v) is 25.1. The van der Waals surface area contributed by atoms with Crippen molar-refractivity contribution in [2.75, 3.05) is 14.2 Å². The van der Waals surface area contributed by atoms with E-state index < -0.39 is 30.3 Å². The average Bonchev–Trinajstić information content (AvgIpc) is 3.70. The van der Waals surface area contributed by atoms with Crippen LogP contribution in [-0.2, 0) is 18.8 Å². The van der Waals surface area contributed by atoms with Crippen molar-refractivity contribution in [3.05, 3.63) is 58.5 Å². The SMILES string of the molecule is C.C.COC(=O)c1ccc(Oc2nncs2)cc1B1OC(C)(C)C(C)(C)O1.COC(=O)c1ccc(Oc2nncs2)cc1O. The van der Waals surface area contributed by atoms with E-state index in [1.54, 1.807) is 23.7 Å². The van der Waals surface area contributed by atoms with Gasteiger partial charge in [0.05, 0.1) is 31.0 Å². The van der Waals surface area contributed by atoms with Crippen LogP contribution in [0.1, 0.15) is 63.3 Å². The minimum Gasteiger partial charge on any atom is -0.507 e. The normalized spacial score (nSPS) is 14.2. The van der Waals surface area contributed by atoms with E-state index in [0.29, 0.717) is 32.9 Å². The lowest BCUT2D eigenvalue weighted by Gasteiger charge is -2.32. The number of carbonyl (C=O) groups is 2. The molecule has 236 valence electrons. The number of esters is 2. The molecule has 0 unspecified atom stereocenters. The van der Waals surface area contributed by atoms with Gasteiger partial charge in [0.15, 0.2) is 0 Å². The van der Waals surface area contributed by atoms with Gasteiger partial charge in [-0.2, -0.15) is 0 Å². The summed E-state index contributed by atoms with van der Waals surface area (Å²) in [5.74, 6) is -0.406. The number of nitrogens with zero attached hydrogens (tertiary/aromatic N) is 4. The predicted octanol–water partition coefficient (Wildman–Crippen LogP) is 5.51. The fraction of sp³-hybridized carbons (Fsp3) is 0.357. The molecule has 0 spiro atoms. The minimum atomic E-state index is -0.711. The summed E-state index contributed by atoms with van der Waals surface area (Å²) in [5, 5.41) is 25.3. The summed E-state index contributed by atoms with van der Waals surface area (Å²) in [6.45, 7) is 7.80. The molecule has 0 bridgehead atoms. The molecule has 13 nitrogen and oxygen atoms in total.